The summed E-state index contributed by atoms with van der Waals surface area (Å²) in [5.74, 6) is 0.984. The van der Waals surface area contributed by atoms with Gasteiger partial charge >= 0.3 is 0 Å². The minimum atomic E-state index is 0. The summed E-state index contributed by atoms with van der Waals surface area (Å²) in [6.07, 6.45) is 0. The van der Waals surface area contributed by atoms with Crippen molar-refractivity contribution in [3.63, 3.8) is 0 Å². The number of anilines is 2. The van der Waals surface area contributed by atoms with Crippen LogP contribution in [0, 0.1) is 11.3 Å². The largest absolute Gasteiger partial charge is 0.399 e. The molecule has 0 radical (unpaired) electrons. The van der Waals surface area contributed by atoms with Crippen LogP contribution in [-0.4, -0.2) is 24.8 Å². The molecule has 0 bridgehead atoms. The minimum absolute atomic E-state index is 0. The molecule has 0 unspecified atom stereocenters. The van der Waals surface area contributed by atoms with E-state index in [0.29, 0.717) is 36.1 Å². The van der Waals surface area contributed by atoms with E-state index in [1.54, 1.807) is 12.1 Å². The molecule has 1 rings (SSSR count). The smallest absolute Gasteiger partial charge is 0.101 e. The average molecular weight is 295 g/mol. The van der Waals surface area contributed by atoms with Crippen LogP contribution in [-0.2, 0) is 0 Å². The quantitative estimate of drug-likeness (QED) is 0.671. The molecular weight excluding hydrogens is 281 g/mol. The number of nitriles is 1. The number of nitrogens with two attached hydrogens (primary N) is 1. The van der Waals surface area contributed by atoms with E-state index in [1.807, 2.05) is 11.0 Å². The lowest BCUT2D eigenvalue weighted by Crippen LogP contribution is -2.28. The molecule has 3 nitrogen and oxygen atoms in total. The molecule has 0 saturated heterocycles. The molecule has 2 N–H and O–H groups in total. The van der Waals surface area contributed by atoms with Crippen molar-refractivity contribution in [3.8, 4) is 6.07 Å². The zero-order valence-corrected chi connectivity index (χ0v) is 11.5. The van der Waals surface area contributed by atoms with Crippen LogP contribution in [0.4, 0.5) is 11.4 Å². The number of rotatable bonds is 5. The molecule has 0 aliphatic heterocycles. The van der Waals surface area contributed by atoms with Crippen molar-refractivity contribution in [1.82, 2.24) is 0 Å². The number of benzene rings is 1. The number of nitrogens with zero attached hydrogens (tertiary/aromatic N) is 2. The lowest BCUT2D eigenvalue weighted by molar-refractivity contribution is 0.872. The third-order valence-electron chi connectivity index (χ3n) is 2.19. The maximum absolute atomic E-state index is 9.03. The van der Waals surface area contributed by atoms with Gasteiger partial charge < -0.3 is 10.6 Å². The second-order valence-electron chi connectivity index (χ2n) is 3.25. The lowest BCUT2D eigenvalue weighted by atomic mass is 10.1. The molecule has 0 spiro atoms. The molecule has 0 heterocycles. The van der Waals surface area contributed by atoms with Crippen molar-refractivity contribution in [2.75, 3.05) is 35.5 Å². The van der Waals surface area contributed by atoms with Crippen LogP contribution in [0.5, 0.6) is 0 Å². The third-order valence-corrected chi connectivity index (χ3v) is 2.53. The van der Waals surface area contributed by atoms with Gasteiger partial charge in [0.25, 0.3) is 0 Å². The van der Waals surface area contributed by atoms with E-state index in [1.165, 1.54) is 0 Å². The third kappa shape index (κ3) is 4.51. The second-order valence-corrected chi connectivity index (χ2v) is 4.01. The first-order valence-corrected chi connectivity index (χ1v) is 5.96. The van der Waals surface area contributed by atoms with Crippen molar-refractivity contribution in [3.05, 3.63) is 23.8 Å². The maximum atomic E-state index is 9.03. The predicted molar refractivity (Wildman–Crippen MR) is 76.5 cm³/mol. The molecule has 6 heteroatoms. The van der Waals surface area contributed by atoms with Crippen LogP contribution in [0.15, 0.2) is 18.2 Å². The van der Waals surface area contributed by atoms with E-state index in [4.69, 9.17) is 34.2 Å². The predicted octanol–water partition coefficient (Wildman–Crippen LogP) is 2.85. The van der Waals surface area contributed by atoms with E-state index in [9.17, 15) is 0 Å². The number of hydrogen-bond donors (Lipinski definition) is 1. The Morgan fingerprint density at radius 2 is 1.82 bits per heavy atom. The van der Waals surface area contributed by atoms with Gasteiger partial charge in [0.15, 0.2) is 0 Å². The Kier molecular flexibility index (Phi) is 7.90. The summed E-state index contributed by atoms with van der Waals surface area (Å²) >= 11 is 11.4. The highest BCUT2D eigenvalue weighted by atomic mass is 35.5. The SMILES string of the molecule is Cl.N#Cc1cc(N)ccc1N(CCCl)CCCl. The van der Waals surface area contributed by atoms with Crippen LogP contribution in [0.25, 0.3) is 0 Å². The monoisotopic (exact) mass is 293 g/mol. The van der Waals surface area contributed by atoms with Gasteiger partial charge in [-0.3, -0.25) is 0 Å². The van der Waals surface area contributed by atoms with Crippen molar-refractivity contribution >= 4 is 47.0 Å². The van der Waals surface area contributed by atoms with E-state index in [0.717, 1.165) is 5.69 Å². The Morgan fingerprint density at radius 3 is 2.29 bits per heavy atom. The van der Waals surface area contributed by atoms with Crippen LogP contribution >= 0.6 is 35.6 Å². The normalized spacial score (nSPS) is 9.24. The van der Waals surface area contributed by atoms with Gasteiger partial charge in [0.05, 0.1) is 11.3 Å². The van der Waals surface area contributed by atoms with E-state index in [-0.39, 0.29) is 12.4 Å². The minimum Gasteiger partial charge on any atom is -0.399 e. The zero-order chi connectivity index (χ0) is 12.0. The maximum Gasteiger partial charge on any atom is 0.101 e. The van der Waals surface area contributed by atoms with Crippen molar-refractivity contribution < 1.29 is 0 Å². The van der Waals surface area contributed by atoms with Gasteiger partial charge in [0.2, 0.25) is 0 Å². The standard InChI is InChI=1S/C11H13Cl2N3.ClH/c12-3-5-16(6-4-13)11-2-1-10(15)7-9(11)8-14;/h1-2,7H,3-6,15H2;1H. The van der Waals surface area contributed by atoms with Gasteiger partial charge in [0, 0.05) is 30.5 Å². The average Bonchev–Trinajstić information content (AvgIpc) is 2.28. The van der Waals surface area contributed by atoms with Gasteiger partial charge in [-0.1, -0.05) is 0 Å². The highest BCUT2D eigenvalue weighted by Gasteiger charge is 2.10. The number of alkyl halides is 2. The van der Waals surface area contributed by atoms with Gasteiger partial charge in [-0.05, 0) is 18.2 Å². The van der Waals surface area contributed by atoms with Crippen LogP contribution in [0.3, 0.4) is 0 Å². The Balaban J connectivity index is 0.00000256. The lowest BCUT2D eigenvalue weighted by Gasteiger charge is -2.23. The summed E-state index contributed by atoms with van der Waals surface area (Å²) in [6.45, 7) is 1.32. The molecule has 0 aromatic heterocycles. The highest BCUT2D eigenvalue weighted by molar-refractivity contribution is 6.18. The van der Waals surface area contributed by atoms with Gasteiger partial charge in [-0.2, -0.15) is 5.26 Å². The molecule has 0 saturated carbocycles. The van der Waals surface area contributed by atoms with Crippen molar-refractivity contribution in [2.45, 2.75) is 0 Å². The van der Waals surface area contributed by atoms with Gasteiger partial charge in [-0.15, -0.1) is 35.6 Å². The molecule has 17 heavy (non-hydrogen) atoms. The molecule has 0 atom stereocenters. The molecule has 1 aromatic carbocycles. The summed E-state index contributed by atoms with van der Waals surface area (Å²) in [5.41, 5.74) is 7.59. The first kappa shape index (κ1) is 16.2. The van der Waals surface area contributed by atoms with Crippen LogP contribution < -0.4 is 10.6 Å². The summed E-state index contributed by atoms with van der Waals surface area (Å²) in [7, 11) is 0. The van der Waals surface area contributed by atoms with Crippen LogP contribution in [0.2, 0.25) is 0 Å². The number of nitrogen functional groups attached to an aromatic ring is 1. The van der Waals surface area contributed by atoms with E-state index < -0.39 is 0 Å². The molecule has 94 valence electrons. The Hall–Kier alpha value is -0.820. The highest BCUT2D eigenvalue weighted by Crippen LogP contribution is 2.22. The molecule has 0 aliphatic carbocycles. The number of hydrogen-bond acceptors (Lipinski definition) is 3. The van der Waals surface area contributed by atoms with Crippen LogP contribution in [0.1, 0.15) is 5.56 Å². The molecule has 1 aromatic rings. The fourth-order valence-corrected chi connectivity index (χ4v) is 1.88. The Morgan fingerprint density at radius 1 is 1.24 bits per heavy atom. The van der Waals surface area contributed by atoms with Crippen molar-refractivity contribution in [2.24, 2.45) is 0 Å². The van der Waals surface area contributed by atoms with E-state index >= 15 is 0 Å². The summed E-state index contributed by atoms with van der Waals surface area (Å²) in [5, 5.41) is 9.03. The first-order valence-electron chi connectivity index (χ1n) is 4.89. The molecule has 0 aliphatic rings. The first-order chi connectivity index (χ1) is 7.72. The second kappa shape index (κ2) is 8.30. The van der Waals surface area contributed by atoms with Gasteiger partial charge in [0.1, 0.15) is 6.07 Å². The number of halogens is 3. The molecule has 0 fully saturated rings. The summed E-state index contributed by atoms with van der Waals surface area (Å²) < 4.78 is 0. The molecular formula is C11H14Cl3N3. The summed E-state index contributed by atoms with van der Waals surface area (Å²) in [4.78, 5) is 1.98. The molecule has 0 amide bonds. The van der Waals surface area contributed by atoms with Gasteiger partial charge in [-0.25, -0.2) is 0 Å². The van der Waals surface area contributed by atoms with Crippen molar-refractivity contribution in [1.29, 1.82) is 5.26 Å². The van der Waals surface area contributed by atoms with E-state index in [2.05, 4.69) is 6.07 Å². The Bertz CT molecular complexity index is 384. The fraction of sp³-hybridized carbons (Fsp3) is 0.364. The summed E-state index contributed by atoms with van der Waals surface area (Å²) in [6, 6.07) is 7.38. The zero-order valence-electron chi connectivity index (χ0n) is 9.20. The Labute approximate surface area is 118 Å². The fourth-order valence-electron chi connectivity index (χ4n) is 1.48. The topological polar surface area (TPSA) is 53.1 Å².